The van der Waals surface area contributed by atoms with Gasteiger partial charge in [0.15, 0.2) is 5.76 Å². The number of amides is 1. The van der Waals surface area contributed by atoms with Crippen molar-refractivity contribution in [2.24, 2.45) is 0 Å². The summed E-state index contributed by atoms with van der Waals surface area (Å²) >= 11 is 0. The lowest BCUT2D eigenvalue weighted by molar-refractivity contribution is -0.129. The summed E-state index contributed by atoms with van der Waals surface area (Å²) < 4.78 is 5.81. The van der Waals surface area contributed by atoms with Crippen LogP contribution in [0.2, 0.25) is 0 Å². The number of rotatable bonds is 6. The van der Waals surface area contributed by atoms with E-state index in [2.05, 4.69) is 35.9 Å². The number of aliphatic hydroxyl groups is 1. The number of hydrogen-bond acceptors (Lipinski definition) is 5. The summed E-state index contributed by atoms with van der Waals surface area (Å²) in [6, 6.07) is 9.92. The maximum Gasteiger partial charge on any atom is 0.289 e. The van der Waals surface area contributed by atoms with Gasteiger partial charge < -0.3 is 14.7 Å². The molecule has 0 aliphatic carbocycles. The van der Waals surface area contributed by atoms with Crippen LogP contribution in [0.25, 0.3) is 5.57 Å². The van der Waals surface area contributed by atoms with Gasteiger partial charge >= 0.3 is 0 Å². The fourth-order valence-corrected chi connectivity index (χ4v) is 2.98. The average molecular weight is 367 g/mol. The summed E-state index contributed by atoms with van der Waals surface area (Å²) in [5, 5.41) is 10.2. The van der Waals surface area contributed by atoms with Gasteiger partial charge in [-0.05, 0) is 30.9 Å². The lowest BCUT2D eigenvalue weighted by Crippen LogP contribution is -2.33. The predicted molar refractivity (Wildman–Crippen MR) is 103 cm³/mol. The normalized spacial score (nSPS) is 14.6. The molecule has 2 heterocycles. The fraction of sp³-hybridized carbons (Fsp3) is 0.381. The summed E-state index contributed by atoms with van der Waals surface area (Å²) in [4.78, 5) is 22.1. The van der Waals surface area contributed by atoms with Crippen molar-refractivity contribution in [2.75, 3.05) is 6.54 Å². The van der Waals surface area contributed by atoms with Gasteiger partial charge in [0.05, 0.1) is 12.2 Å². The molecule has 0 bridgehead atoms. The van der Waals surface area contributed by atoms with Gasteiger partial charge in [-0.25, -0.2) is 9.97 Å². The third-order valence-electron chi connectivity index (χ3n) is 4.66. The van der Waals surface area contributed by atoms with Crippen molar-refractivity contribution in [3.63, 3.8) is 0 Å². The number of aliphatic hydroxyl groups excluding tert-OH is 1. The molecular weight excluding hydrogens is 342 g/mol. The van der Waals surface area contributed by atoms with Crippen LogP contribution in [0.5, 0.6) is 5.88 Å². The van der Waals surface area contributed by atoms with Gasteiger partial charge in [0.2, 0.25) is 5.88 Å². The van der Waals surface area contributed by atoms with Crippen LogP contribution in [0.3, 0.4) is 0 Å². The van der Waals surface area contributed by atoms with E-state index in [0.717, 1.165) is 5.56 Å². The lowest BCUT2D eigenvalue weighted by atomic mass is 10.0. The molecule has 6 nitrogen and oxygen atoms in total. The van der Waals surface area contributed by atoms with Crippen molar-refractivity contribution in [3.05, 3.63) is 59.2 Å². The molecule has 1 N–H and O–H groups in total. The Bertz CT molecular complexity index is 874. The Morgan fingerprint density at radius 3 is 2.63 bits per heavy atom. The molecule has 0 radical (unpaired) electrons. The molecule has 1 aliphatic heterocycles. The zero-order chi connectivity index (χ0) is 19.6. The highest BCUT2D eigenvalue weighted by molar-refractivity contribution is 6.03. The van der Waals surface area contributed by atoms with Crippen LogP contribution in [0.1, 0.15) is 50.4 Å². The first-order valence-electron chi connectivity index (χ1n) is 9.14. The summed E-state index contributed by atoms with van der Waals surface area (Å²) in [6.07, 6.45) is 1.39. The highest BCUT2D eigenvalue weighted by atomic mass is 16.5. The lowest BCUT2D eigenvalue weighted by Gasteiger charge is -2.20. The Morgan fingerprint density at radius 2 is 1.96 bits per heavy atom. The van der Waals surface area contributed by atoms with Crippen molar-refractivity contribution in [3.8, 4) is 5.88 Å². The van der Waals surface area contributed by atoms with Crippen molar-refractivity contribution in [1.82, 2.24) is 14.9 Å². The number of hydrogen-bond donors (Lipinski definition) is 1. The molecule has 6 heteroatoms. The molecule has 1 aromatic carbocycles. The quantitative estimate of drug-likeness (QED) is 0.842. The van der Waals surface area contributed by atoms with E-state index in [-0.39, 0.29) is 17.7 Å². The molecule has 3 rings (SSSR count). The molecule has 0 saturated carbocycles. The molecule has 0 fully saturated rings. The summed E-state index contributed by atoms with van der Waals surface area (Å²) in [6.45, 7) is 8.84. The van der Waals surface area contributed by atoms with Crippen LogP contribution in [0, 0.1) is 0 Å². The molecule has 0 saturated heterocycles. The SMILES string of the molecule is CC(C)c1cccc(COc2cc(C3=C(O)C(=O)N(C(C)C)C3)ncn2)c1. The van der Waals surface area contributed by atoms with E-state index in [1.54, 1.807) is 11.0 Å². The minimum absolute atomic E-state index is 0.00272. The van der Waals surface area contributed by atoms with Crippen molar-refractivity contribution in [2.45, 2.75) is 46.3 Å². The summed E-state index contributed by atoms with van der Waals surface area (Å²) in [5.74, 6) is 0.240. The first-order chi connectivity index (χ1) is 12.9. The zero-order valence-corrected chi connectivity index (χ0v) is 16.1. The van der Waals surface area contributed by atoms with E-state index >= 15 is 0 Å². The molecule has 27 heavy (non-hydrogen) atoms. The first kappa shape index (κ1) is 18.9. The van der Waals surface area contributed by atoms with Gasteiger partial charge in [-0.2, -0.15) is 0 Å². The van der Waals surface area contributed by atoms with Crippen molar-refractivity contribution >= 4 is 11.5 Å². The maximum absolute atomic E-state index is 12.2. The third-order valence-corrected chi connectivity index (χ3v) is 4.66. The molecule has 2 aromatic rings. The average Bonchev–Trinajstić information content (AvgIpc) is 2.96. The third kappa shape index (κ3) is 4.10. The van der Waals surface area contributed by atoms with E-state index in [0.29, 0.717) is 36.2 Å². The number of benzene rings is 1. The van der Waals surface area contributed by atoms with E-state index in [9.17, 15) is 9.90 Å². The van der Waals surface area contributed by atoms with Crippen LogP contribution in [-0.2, 0) is 11.4 Å². The number of aromatic nitrogens is 2. The van der Waals surface area contributed by atoms with Gasteiger partial charge in [0.1, 0.15) is 12.9 Å². The number of nitrogens with zero attached hydrogens (tertiary/aromatic N) is 3. The minimum atomic E-state index is -0.369. The molecule has 1 aliphatic rings. The zero-order valence-electron chi connectivity index (χ0n) is 16.1. The molecule has 1 amide bonds. The van der Waals surface area contributed by atoms with E-state index < -0.39 is 0 Å². The largest absolute Gasteiger partial charge is 0.503 e. The highest BCUT2D eigenvalue weighted by Gasteiger charge is 2.33. The van der Waals surface area contributed by atoms with Crippen LogP contribution in [0.15, 0.2) is 42.4 Å². The van der Waals surface area contributed by atoms with E-state index in [1.165, 1.54) is 11.9 Å². The van der Waals surface area contributed by atoms with Gasteiger partial charge in [0.25, 0.3) is 5.91 Å². The number of ether oxygens (including phenoxy) is 1. The maximum atomic E-state index is 12.2. The second-order valence-corrected chi connectivity index (χ2v) is 7.28. The molecule has 142 valence electrons. The van der Waals surface area contributed by atoms with Crippen molar-refractivity contribution < 1.29 is 14.6 Å². The number of carbonyl (C=O) groups is 1. The molecule has 0 atom stereocenters. The van der Waals surface area contributed by atoms with Crippen LogP contribution < -0.4 is 4.74 Å². The summed E-state index contributed by atoms with van der Waals surface area (Å²) in [5.41, 5.74) is 3.32. The van der Waals surface area contributed by atoms with Crippen molar-refractivity contribution in [1.29, 1.82) is 0 Å². The highest BCUT2D eigenvalue weighted by Crippen LogP contribution is 2.28. The van der Waals surface area contributed by atoms with Crippen LogP contribution in [-0.4, -0.2) is 38.5 Å². The first-order valence-corrected chi connectivity index (χ1v) is 9.14. The Hall–Kier alpha value is -2.89. The Labute approximate surface area is 159 Å². The minimum Gasteiger partial charge on any atom is -0.503 e. The smallest absolute Gasteiger partial charge is 0.289 e. The molecule has 1 aromatic heterocycles. The fourth-order valence-electron chi connectivity index (χ4n) is 2.98. The van der Waals surface area contributed by atoms with Gasteiger partial charge in [-0.1, -0.05) is 38.1 Å². The standard InChI is InChI=1S/C21H25N3O3/c1-13(2)16-7-5-6-15(8-16)11-27-19-9-18(22-12-23-19)17-10-24(14(3)4)21(26)20(17)25/h5-9,12-14,25H,10-11H2,1-4H3. The van der Waals surface area contributed by atoms with Crippen LogP contribution >= 0.6 is 0 Å². The Kier molecular flexibility index (Phi) is 5.44. The number of carbonyl (C=O) groups excluding carboxylic acids is 1. The Morgan fingerprint density at radius 1 is 1.19 bits per heavy atom. The molecular formula is C21H25N3O3. The second kappa shape index (κ2) is 7.78. The van der Waals surface area contributed by atoms with E-state index in [1.807, 2.05) is 26.0 Å². The molecule has 0 spiro atoms. The van der Waals surface area contributed by atoms with Gasteiger partial charge in [0, 0.05) is 17.7 Å². The van der Waals surface area contributed by atoms with E-state index in [4.69, 9.17) is 4.74 Å². The topological polar surface area (TPSA) is 75.6 Å². The second-order valence-electron chi connectivity index (χ2n) is 7.28. The molecule has 0 unspecified atom stereocenters. The van der Waals surface area contributed by atoms with Crippen LogP contribution in [0.4, 0.5) is 0 Å². The Balaban J connectivity index is 1.75. The van der Waals surface area contributed by atoms with Gasteiger partial charge in [-0.15, -0.1) is 0 Å². The van der Waals surface area contributed by atoms with Gasteiger partial charge in [-0.3, -0.25) is 4.79 Å². The monoisotopic (exact) mass is 367 g/mol. The summed E-state index contributed by atoms with van der Waals surface area (Å²) in [7, 11) is 0. The predicted octanol–water partition coefficient (Wildman–Crippen LogP) is 3.70.